The number of benzene rings is 1. The van der Waals surface area contributed by atoms with Crippen molar-refractivity contribution in [2.24, 2.45) is 5.92 Å². The normalized spacial score (nSPS) is 19.2. The maximum atomic E-state index is 5.57. The van der Waals surface area contributed by atoms with Crippen LogP contribution in [-0.2, 0) is 0 Å². The fourth-order valence-corrected chi connectivity index (χ4v) is 3.71. The van der Waals surface area contributed by atoms with E-state index in [9.17, 15) is 0 Å². The van der Waals surface area contributed by atoms with Gasteiger partial charge in [0.1, 0.15) is 5.75 Å². The molecule has 0 amide bonds. The van der Waals surface area contributed by atoms with E-state index in [1.807, 2.05) is 0 Å². The first-order valence-electron chi connectivity index (χ1n) is 8.56. The molecule has 0 spiro atoms. The molecule has 0 heterocycles. The van der Waals surface area contributed by atoms with E-state index in [1.54, 1.807) is 7.11 Å². The van der Waals surface area contributed by atoms with Gasteiger partial charge < -0.3 is 10.1 Å². The van der Waals surface area contributed by atoms with Gasteiger partial charge in [-0.1, -0.05) is 38.3 Å². The summed E-state index contributed by atoms with van der Waals surface area (Å²) >= 11 is 0. The third kappa shape index (κ3) is 4.23. The fourth-order valence-electron chi connectivity index (χ4n) is 3.71. The van der Waals surface area contributed by atoms with E-state index in [0.29, 0.717) is 12.1 Å². The molecule has 0 bridgehead atoms. The van der Waals surface area contributed by atoms with Gasteiger partial charge in [-0.25, -0.2) is 0 Å². The topological polar surface area (TPSA) is 21.3 Å². The van der Waals surface area contributed by atoms with Crippen molar-refractivity contribution in [1.82, 2.24) is 5.32 Å². The second-order valence-corrected chi connectivity index (χ2v) is 6.55. The highest BCUT2D eigenvalue weighted by Gasteiger charge is 2.24. The molecule has 118 valence electrons. The Kier molecular flexibility index (Phi) is 6.10. The molecule has 2 heteroatoms. The summed E-state index contributed by atoms with van der Waals surface area (Å²) in [5, 5.41) is 3.87. The van der Waals surface area contributed by atoms with E-state index in [1.165, 1.54) is 49.7 Å². The van der Waals surface area contributed by atoms with E-state index in [4.69, 9.17) is 4.74 Å². The number of hydrogen-bond donors (Lipinski definition) is 1. The van der Waals surface area contributed by atoms with Gasteiger partial charge in [0, 0.05) is 17.6 Å². The van der Waals surface area contributed by atoms with Gasteiger partial charge in [0.05, 0.1) is 7.11 Å². The first kappa shape index (κ1) is 16.4. The van der Waals surface area contributed by atoms with Gasteiger partial charge in [-0.15, -0.1) is 0 Å². The van der Waals surface area contributed by atoms with Crippen molar-refractivity contribution in [1.29, 1.82) is 0 Å². The van der Waals surface area contributed by atoms with Crippen LogP contribution in [0.25, 0.3) is 0 Å². The molecule has 21 heavy (non-hydrogen) atoms. The second-order valence-electron chi connectivity index (χ2n) is 6.55. The number of methoxy groups -OCH3 is 1. The molecule has 1 aliphatic carbocycles. The van der Waals surface area contributed by atoms with E-state index < -0.39 is 0 Å². The van der Waals surface area contributed by atoms with E-state index in [2.05, 4.69) is 44.3 Å². The van der Waals surface area contributed by atoms with Crippen LogP contribution in [0, 0.1) is 12.8 Å². The van der Waals surface area contributed by atoms with Crippen LogP contribution in [0.1, 0.15) is 69.5 Å². The van der Waals surface area contributed by atoms with E-state index >= 15 is 0 Å². The van der Waals surface area contributed by atoms with Crippen LogP contribution in [0.3, 0.4) is 0 Å². The largest absolute Gasteiger partial charge is 0.496 e. The highest BCUT2D eigenvalue weighted by Crippen LogP contribution is 2.31. The zero-order valence-electron chi connectivity index (χ0n) is 14.1. The average Bonchev–Trinajstić information content (AvgIpc) is 2.53. The van der Waals surface area contributed by atoms with E-state index in [-0.39, 0.29) is 0 Å². The Hall–Kier alpha value is -1.02. The molecular weight excluding hydrogens is 258 g/mol. The average molecular weight is 289 g/mol. The Morgan fingerprint density at radius 1 is 1.24 bits per heavy atom. The molecule has 1 aromatic carbocycles. The second kappa shape index (κ2) is 7.84. The molecule has 2 rings (SSSR count). The van der Waals surface area contributed by atoms with Gasteiger partial charge in [-0.05, 0) is 50.7 Å². The van der Waals surface area contributed by atoms with Crippen molar-refractivity contribution in [3.63, 3.8) is 0 Å². The molecule has 2 unspecified atom stereocenters. The lowest BCUT2D eigenvalue weighted by atomic mass is 9.82. The van der Waals surface area contributed by atoms with Crippen LogP contribution in [0.5, 0.6) is 5.75 Å². The summed E-state index contributed by atoms with van der Waals surface area (Å²) in [4.78, 5) is 0. The molecule has 1 N–H and O–H groups in total. The minimum atomic E-state index is 0.340. The third-order valence-electron chi connectivity index (χ3n) is 4.98. The summed E-state index contributed by atoms with van der Waals surface area (Å²) in [5.41, 5.74) is 2.53. The van der Waals surface area contributed by atoms with Crippen molar-refractivity contribution >= 4 is 0 Å². The zero-order chi connectivity index (χ0) is 15.2. The lowest BCUT2D eigenvalue weighted by Gasteiger charge is -2.33. The summed E-state index contributed by atoms with van der Waals surface area (Å²) < 4.78 is 5.57. The van der Waals surface area contributed by atoms with E-state index in [0.717, 1.165) is 11.7 Å². The minimum absolute atomic E-state index is 0.340. The first-order valence-corrected chi connectivity index (χ1v) is 8.56. The molecule has 0 aromatic heterocycles. The Bertz CT molecular complexity index is 437. The molecule has 1 aliphatic rings. The predicted molar refractivity (Wildman–Crippen MR) is 89.9 cm³/mol. The lowest BCUT2D eigenvalue weighted by molar-refractivity contribution is 0.248. The molecule has 0 saturated heterocycles. The number of rotatable bonds is 6. The third-order valence-corrected chi connectivity index (χ3v) is 4.98. The van der Waals surface area contributed by atoms with Crippen LogP contribution in [0.15, 0.2) is 18.2 Å². The maximum absolute atomic E-state index is 5.57. The quantitative estimate of drug-likeness (QED) is 0.794. The standard InChI is InChI=1S/C19H31NO/c1-5-18(16-9-7-6-8-10-16)20-15(3)17-12-11-14(2)13-19(17)21-4/h11-13,15-16,18,20H,5-10H2,1-4H3. The van der Waals surface area contributed by atoms with Crippen molar-refractivity contribution in [3.8, 4) is 5.75 Å². The van der Waals surface area contributed by atoms with Crippen LogP contribution >= 0.6 is 0 Å². The van der Waals surface area contributed by atoms with Crippen LogP contribution in [0.2, 0.25) is 0 Å². The van der Waals surface area contributed by atoms with Crippen LogP contribution in [0.4, 0.5) is 0 Å². The van der Waals surface area contributed by atoms with Gasteiger partial charge >= 0.3 is 0 Å². The molecule has 0 radical (unpaired) electrons. The van der Waals surface area contributed by atoms with Gasteiger partial charge in [0.15, 0.2) is 0 Å². The highest BCUT2D eigenvalue weighted by atomic mass is 16.5. The van der Waals surface area contributed by atoms with Crippen molar-refractivity contribution in [2.75, 3.05) is 7.11 Å². The molecule has 1 saturated carbocycles. The van der Waals surface area contributed by atoms with Gasteiger partial charge in [-0.3, -0.25) is 0 Å². The molecule has 1 fully saturated rings. The summed E-state index contributed by atoms with van der Waals surface area (Å²) in [7, 11) is 1.77. The van der Waals surface area contributed by atoms with Crippen molar-refractivity contribution < 1.29 is 4.74 Å². The smallest absolute Gasteiger partial charge is 0.123 e. The van der Waals surface area contributed by atoms with Crippen LogP contribution < -0.4 is 10.1 Å². The van der Waals surface area contributed by atoms with Gasteiger partial charge in [0.25, 0.3) is 0 Å². The number of aryl methyl sites for hydroxylation is 1. The fraction of sp³-hybridized carbons (Fsp3) is 0.684. The summed E-state index contributed by atoms with van der Waals surface area (Å²) in [5.74, 6) is 1.86. The predicted octanol–water partition coefficient (Wildman–Crippen LogP) is 5.01. The summed E-state index contributed by atoms with van der Waals surface area (Å²) in [6, 6.07) is 7.49. The Labute approximate surface area is 130 Å². The van der Waals surface area contributed by atoms with Crippen LogP contribution in [-0.4, -0.2) is 13.2 Å². The SMILES string of the molecule is CCC(NC(C)c1ccc(C)cc1OC)C1CCCCC1. The Balaban J connectivity index is 2.06. The molecule has 2 nitrogen and oxygen atoms in total. The van der Waals surface area contributed by atoms with Crippen molar-refractivity contribution in [2.45, 2.75) is 71.4 Å². The Morgan fingerprint density at radius 2 is 1.95 bits per heavy atom. The monoisotopic (exact) mass is 289 g/mol. The molecule has 2 atom stereocenters. The molecular formula is C19H31NO. The summed E-state index contributed by atoms with van der Waals surface area (Å²) in [6.45, 7) is 6.69. The van der Waals surface area contributed by atoms with Crippen molar-refractivity contribution in [3.05, 3.63) is 29.3 Å². The first-order chi connectivity index (χ1) is 10.2. The number of hydrogen-bond acceptors (Lipinski definition) is 2. The summed E-state index contributed by atoms with van der Waals surface area (Å²) in [6.07, 6.45) is 8.24. The molecule has 0 aliphatic heterocycles. The zero-order valence-corrected chi connectivity index (χ0v) is 14.1. The lowest BCUT2D eigenvalue weighted by Crippen LogP contribution is -2.38. The highest BCUT2D eigenvalue weighted by molar-refractivity contribution is 5.39. The maximum Gasteiger partial charge on any atom is 0.123 e. The Morgan fingerprint density at radius 3 is 2.57 bits per heavy atom. The minimum Gasteiger partial charge on any atom is -0.496 e. The van der Waals surface area contributed by atoms with Gasteiger partial charge in [-0.2, -0.15) is 0 Å². The van der Waals surface area contributed by atoms with Gasteiger partial charge in [0.2, 0.25) is 0 Å². The molecule has 1 aromatic rings. The number of ether oxygens (including phenoxy) is 1. The number of nitrogens with one attached hydrogen (secondary N) is 1.